The molecule has 0 aliphatic carbocycles. The van der Waals surface area contributed by atoms with Gasteiger partial charge in [-0.05, 0) is 37.8 Å². The Morgan fingerprint density at radius 1 is 0.971 bits per heavy atom. The van der Waals surface area contributed by atoms with Crippen molar-refractivity contribution >= 4 is 23.6 Å². The standard InChI is InChI=1S/C23H37N5O6/c1-15(30)26-17(10-6-7-11-24)23(34)28-18(12-16-8-4-3-5-9-16)20(31)13-21(32)27-19(14-29)22(33)25-2/h3-5,8-9,17-20,29,31H,6-7,10-14,24H2,1-2H3,(H,25,33)(H,26,30)(H,27,32)(H,28,34)/t17-,18-,19-,20-/m0/s1. The first-order chi connectivity index (χ1) is 16.2. The number of benzene rings is 1. The molecule has 0 aromatic heterocycles. The van der Waals surface area contributed by atoms with E-state index in [0.717, 1.165) is 5.56 Å². The first kappa shape index (κ1) is 29.0. The van der Waals surface area contributed by atoms with Crippen LogP contribution in [0.4, 0.5) is 0 Å². The Hall–Kier alpha value is -3.02. The minimum atomic E-state index is -1.30. The molecule has 0 unspecified atom stereocenters. The van der Waals surface area contributed by atoms with Gasteiger partial charge in [0.2, 0.25) is 23.6 Å². The van der Waals surface area contributed by atoms with Gasteiger partial charge in [-0.1, -0.05) is 30.3 Å². The second kappa shape index (κ2) is 15.8. The highest BCUT2D eigenvalue weighted by atomic mass is 16.3. The topological polar surface area (TPSA) is 183 Å². The van der Waals surface area contributed by atoms with Crippen molar-refractivity contribution in [1.29, 1.82) is 0 Å². The summed E-state index contributed by atoms with van der Waals surface area (Å²) >= 11 is 0. The fourth-order valence-corrected chi connectivity index (χ4v) is 3.40. The van der Waals surface area contributed by atoms with Gasteiger partial charge in [-0.25, -0.2) is 0 Å². The van der Waals surface area contributed by atoms with Gasteiger partial charge in [-0.15, -0.1) is 0 Å². The fourth-order valence-electron chi connectivity index (χ4n) is 3.40. The maximum Gasteiger partial charge on any atom is 0.244 e. The second-order valence-electron chi connectivity index (χ2n) is 8.03. The summed E-state index contributed by atoms with van der Waals surface area (Å²) in [5.74, 6) is -2.08. The van der Waals surface area contributed by atoms with E-state index in [1.54, 1.807) is 0 Å². The predicted molar refractivity (Wildman–Crippen MR) is 126 cm³/mol. The Morgan fingerprint density at radius 3 is 2.21 bits per heavy atom. The number of aliphatic hydroxyl groups excluding tert-OH is 2. The molecule has 0 aliphatic heterocycles. The van der Waals surface area contributed by atoms with Crippen LogP contribution < -0.4 is 27.0 Å². The Labute approximate surface area is 199 Å². The molecule has 1 aromatic rings. The molecule has 190 valence electrons. The largest absolute Gasteiger partial charge is 0.394 e. The Kier molecular flexibility index (Phi) is 13.4. The highest BCUT2D eigenvalue weighted by Gasteiger charge is 2.29. The van der Waals surface area contributed by atoms with Crippen molar-refractivity contribution in [2.45, 2.75) is 63.3 Å². The monoisotopic (exact) mass is 479 g/mol. The lowest BCUT2D eigenvalue weighted by Gasteiger charge is -2.27. The van der Waals surface area contributed by atoms with E-state index in [9.17, 15) is 29.4 Å². The SMILES string of the molecule is CNC(=O)[C@H](CO)NC(=O)C[C@H](O)[C@H](Cc1ccccc1)NC(=O)[C@H](CCCCN)NC(C)=O. The molecule has 0 radical (unpaired) electrons. The van der Waals surface area contributed by atoms with E-state index >= 15 is 0 Å². The zero-order chi connectivity index (χ0) is 25.5. The average Bonchev–Trinajstić information content (AvgIpc) is 2.81. The maximum atomic E-state index is 13.0. The molecule has 0 bridgehead atoms. The Bertz CT molecular complexity index is 791. The molecule has 0 heterocycles. The van der Waals surface area contributed by atoms with Crippen molar-refractivity contribution in [3.05, 3.63) is 35.9 Å². The number of unbranched alkanes of at least 4 members (excludes halogenated alkanes) is 1. The van der Waals surface area contributed by atoms with Crippen LogP contribution in [-0.4, -0.2) is 78.3 Å². The summed E-state index contributed by atoms with van der Waals surface area (Å²) in [5.41, 5.74) is 6.34. The first-order valence-electron chi connectivity index (χ1n) is 11.3. The molecule has 34 heavy (non-hydrogen) atoms. The third-order valence-corrected chi connectivity index (χ3v) is 5.21. The number of nitrogens with two attached hydrogens (primary N) is 1. The lowest BCUT2D eigenvalue weighted by Crippen LogP contribution is -2.54. The summed E-state index contributed by atoms with van der Waals surface area (Å²) in [7, 11) is 1.37. The van der Waals surface area contributed by atoms with E-state index in [4.69, 9.17) is 5.73 Å². The number of aliphatic hydroxyl groups is 2. The van der Waals surface area contributed by atoms with Gasteiger partial charge in [-0.3, -0.25) is 19.2 Å². The summed E-state index contributed by atoms with van der Waals surface area (Å²) in [6.45, 7) is 1.17. The van der Waals surface area contributed by atoms with Gasteiger partial charge in [0.15, 0.2) is 0 Å². The molecule has 4 amide bonds. The van der Waals surface area contributed by atoms with Crippen LogP contribution >= 0.6 is 0 Å². The van der Waals surface area contributed by atoms with Crippen LogP contribution in [0.15, 0.2) is 30.3 Å². The minimum Gasteiger partial charge on any atom is -0.394 e. The van der Waals surface area contributed by atoms with Crippen LogP contribution in [0.2, 0.25) is 0 Å². The lowest BCUT2D eigenvalue weighted by molar-refractivity contribution is -0.132. The van der Waals surface area contributed by atoms with Crippen molar-refractivity contribution in [2.75, 3.05) is 20.2 Å². The molecule has 8 N–H and O–H groups in total. The molecule has 0 fully saturated rings. The van der Waals surface area contributed by atoms with Gasteiger partial charge < -0.3 is 37.2 Å². The van der Waals surface area contributed by atoms with Crippen LogP contribution in [0, 0.1) is 0 Å². The lowest BCUT2D eigenvalue weighted by atomic mass is 9.97. The molecule has 4 atom stereocenters. The van der Waals surface area contributed by atoms with Crippen molar-refractivity contribution in [3.8, 4) is 0 Å². The highest BCUT2D eigenvalue weighted by Crippen LogP contribution is 2.11. The van der Waals surface area contributed by atoms with Gasteiger partial charge in [0.1, 0.15) is 12.1 Å². The van der Waals surface area contributed by atoms with Crippen molar-refractivity contribution in [3.63, 3.8) is 0 Å². The normalized spacial score (nSPS) is 14.3. The zero-order valence-corrected chi connectivity index (χ0v) is 19.8. The third-order valence-electron chi connectivity index (χ3n) is 5.21. The molecule has 0 saturated heterocycles. The molecule has 0 saturated carbocycles. The summed E-state index contributed by atoms with van der Waals surface area (Å²) in [5, 5.41) is 30.2. The second-order valence-corrected chi connectivity index (χ2v) is 8.03. The molecule has 0 spiro atoms. The van der Waals surface area contributed by atoms with Crippen LogP contribution in [0.5, 0.6) is 0 Å². The summed E-state index contributed by atoms with van der Waals surface area (Å²) in [6.07, 6.45) is 0.220. The Balaban J connectivity index is 2.95. The van der Waals surface area contributed by atoms with Gasteiger partial charge in [0, 0.05) is 14.0 Å². The van der Waals surface area contributed by atoms with Crippen LogP contribution in [0.25, 0.3) is 0 Å². The minimum absolute atomic E-state index is 0.232. The van der Waals surface area contributed by atoms with Crippen molar-refractivity contribution < 1.29 is 29.4 Å². The number of amides is 4. The maximum absolute atomic E-state index is 13.0. The van der Waals surface area contributed by atoms with Crippen LogP contribution in [0.3, 0.4) is 0 Å². The molecule has 0 aliphatic rings. The number of hydrogen-bond acceptors (Lipinski definition) is 7. The van der Waals surface area contributed by atoms with Crippen LogP contribution in [-0.2, 0) is 25.6 Å². The molecular formula is C23H37N5O6. The highest BCUT2D eigenvalue weighted by molar-refractivity contribution is 5.88. The van der Waals surface area contributed by atoms with E-state index in [1.807, 2.05) is 30.3 Å². The number of likely N-dealkylation sites (N-methyl/N-ethyl adjacent to an activating group) is 1. The predicted octanol–water partition coefficient (Wildman–Crippen LogP) is -1.68. The number of hydrogen-bond donors (Lipinski definition) is 7. The van der Waals surface area contributed by atoms with Gasteiger partial charge in [0.25, 0.3) is 0 Å². The van der Waals surface area contributed by atoms with Gasteiger partial charge in [0.05, 0.1) is 25.2 Å². The summed E-state index contributed by atoms with van der Waals surface area (Å²) in [6, 6.07) is 6.30. The Morgan fingerprint density at radius 2 is 1.65 bits per heavy atom. The van der Waals surface area contributed by atoms with E-state index in [2.05, 4.69) is 21.3 Å². The van der Waals surface area contributed by atoms with Crippen molar-refractivity contribution in [2.24, 2.45) is 5.73 Å². The number of nitrogens with one attached hydrogen (secondary N) is 4. The molecule has 11 nitrogen and oxygen atoms in total. The number of carbonyl (C=O) groups is 4. The van der Waals surface area contributed by atoms with E-state index in [0.29, 0.717) is 25.8 Å². The van der Waals surface area contributed by atoms with Gasteiger partial charge in [-0.2, -0.15) is 0 Å². The fraction of sp³-hybridized carbons (Fsp3) is 0.565. The summed E-state index contributed by atoms with van der Waals surface area (Å²) in [4.78, 5) is 48.7. The smallest absolute Gasteiger partial charge is 0.244 e. The van der Waals surface area contributed by atoms with E-state index < -0.39 is 55.0 Å². The molecule has 11 heteroatoms. The molecular weight excluding hydrogens is 442 g/mol. The molecule has 1 rings (SSSR count). The number of rotatable bonds is 15. The van der Waals surface area contributed by atoms with Crippen molar-refractivity contribution in [1.82, 2.24) is 21.3 Å². The van der Waals surface area contributed by atoms with Gasteiger partial charge >= 0.3 is 0 Å². The molecule has 1 aromatic carbocycles. The van der Waals surface area contributed by atoms with Crippen LogP contribution in [0.1, 0.15) is 38.2 Å². The average molecular weight is 480 g/mol. The third kappa shape index (κ3) is 10.7. The quantitative estimate of drug-likeness (QED) is 0.147. The summed E-state index contributed by atoms with van der Waals surface area (Å²) < 4.78 is 0. The first-order valence-corrected chi connectivity index (χ1v) is 11.3. The van der Waals surface area contributed by atoms with E-state index in [1.165, 1.54) is 14.0 Å². The zero-order valence-electron chi connectivity index (χ0n) is 19.8. The number of carbonyl (C=O) groups excluding carboxylic acids is 4. The van der Waals surface area contributed by atoms with E-state index in [-0.39, 0.29) is 12.3 Å².